The number of amides is 1. The van der Waals surface area contributed by atoms with Gasteiger partial charge in [0.1, 0.15) is 19.6 Å². The van der Waals surface area contributed by atoms with E-state index in [0.717, 1.165) is 16.8 Å². The van der Waals surface area contributed by atoms with Crippen molar-refractivity contribution in [2.75, 3.05) is 18.2 Å². The first kappa shape index (κ1) is 27.8. The Morgan fingerprint density at radius 1 is 1.03 bits per heavy atom. The average Bonchev–Trinajstić information content (AvgIpc) is 3.28. The molecule has 0 saturated heterocycles. The van der Waals surface area contributed by atoms with Gasteiger partial charge in [0.2, 0.25) is 5.91 Å². The number of fused-ring (bicyclic) bond motifs is 1. The highest BCUT2D eigenvalue weighted by atomic mass is 32.8. The van der Waals surface area contributed by atoms with Crippen molar-refractivity contribution in [2.45, 2.75) is 70.4 Å². The fourth-order valence-corrected chi connectivity index (χ4v) is 5.85. The number of hydrogen-bond donors (Lipinski definition) is 1. The second-order valence-electron chi connectivity index (χ2n) is 9.42. The second kappa shape index (κ2) is 12.0. The number of ether oxygens (including phenoxy) is 1. The zero-order chi connectivity index (χ0) is 26.5. The summed E-state index contributed by atoms with van der Waals surface area (Å²) in [4.78, 5) is 28.9. The fraction of sp³-hybridized carbons (Fsp3) is 0.444. The Bertz CT molecular complexity index is 1320. The lowest BCUT2D eigenvalue weighted by Gasteiger charge is -2.20. The molecule has 0 aliphatic rings. The van der Waals surface area contributed by atoms with E-state index in [1.807, 2.05) is 6.07 Å². The molecule has 1 atom stereocenters. The lowest BCUT2D eigenvalue weighted by molar-refractivity contribution is -0.116. The lowest BCUT2D eigenvalue weighted by atomic mass is 9.92. The smallest absolute Gasteiger partial charge is 0.341 e. The number of methoxy groups -OCH3 is 1. The van der Waals surface area contributed by atoms with Crippen molar-refractivity contribution in [2.24, 2.45) is 0 Å². The Balaban J connectivity index is 1.57. The highest BCUT2D eigenvalue weighted by Crippen LogP contribution is 2.32. The lowest BCUT2D eigenvalue weighted by Crippen LogP contribution is -2.15. The van der Waals surface area contributed by atoms with Gasteiger partial charge in [-0.05, 0) is 59.1 Å². The maximum absolute atomic E-state index is 13.1. The minimum Gasteiger partial charge on any atom is -0.465 e. The topological polar surface area (TPSA) is 98.5 Å². The Labute approximate surface area is 217 Å². The SMILES string of the molecule is COC(=O)c1cccc2nc(S(=O)(=S)CCCCCC(=O)Nc3c(C(C)C)cccc3C(C)C)oc12. The third kappa shape index (κ3) is 6.50. The number of nitrogens with zero attached hydrogens (tertiary/aromatic N) is 1. The molecule has 1 heterocycles. The predicted molar refractivity (Wildman–Crippen MR) is 146 cm³/mol. The number of oxazole rings is 1. The molecule has 7 nitrogen and oxygen atoms in total. The number of carbonyl (C=O) groups is 2. The molecule has 194 valence electrons. The van der Waals surface area contributed by atoms with Crippen LogP contribution in [0.3, 0.4) is 0 Å². The van der Waals surface area contributed by atoms with E-state index in [1.165, 1.54) is 7.11 Å². The van der Waals surface area contributed by atoms with E-state index in [2.05, 4.69) is 50.1 Å². The van der Waals surface area contributed by atoms with Crippen LogP contribution in [-0.2, 0) is 29.2 Å². The average molecular weight is 531 g/mol. The molecule has 1 N–H and O–H groups in total. The van der Waals surface area contributed by atoms with Gasteiger partial charge in [-0.2, -0.15) is 0 Å². The van der Waals surface area contributed by atoms with E-state index < -0.39 is 14.5 Å². The van der Waals surface area contributed by atoms with Gasteiger partial charge >= 0.3 is 5.97 Å². The zero-order valence-electron chi connectivity index (χ0n) is 21.5. The van der Waals surface area contributed by atoms with Crippen LogP contribution in [0.2, 0.25) is 0 Å². The van der Waals surface area contributed by atoms with Crippen LogP contribution in [0.4, 0.5) is 5.69 Å². The number of nitrogens with one attached hydrogen (secondary N) is 1. The third-order valence-corrected chi connectivity index (χ3v) is 8.48. The molecular weight excluding hydrogens is 496 g/mol. The molecule has 3 rings (SSSR count). The fourth-order valence-electron chi connectivity index (χ4n) is 4.07. The molecular formula is C27H34N2O5S2. The van der Waals surface area contributed by atoms with Gasteiger partial charge in [0.25, 0.3) is 5.22 Å². The summed E-state index contributed by atoms with van der Waals surface area (Å²) < 4.78 is 23.5. The normalized spacial score (nSPS) is 13.2. The van der Waals surface area contributed by atoms with Crippen molar-refractivity contribution in [3.8, 4) is 0 Å². The molecule has 9 heteroatoms. The number of rotatable bonds is 11. The number of aromatic nitrogens is 1. The first-order valence-electron chi connectivity index (χ1n) is 12.2. The third-order valence-electron chi connectivity index (χ3n) is 6.02. The molecule has 1 unspecified atom stereocenters. The number of para-hydroxylation sites is 2. The summed E-state index contributed by atoms with van der Waals surface area (Å²) in [5, 5.41) is 3.08. The van der Waals surface area contributed by atoms with Gasteiger partial charge < -0.3 is 14.5 Å². The molecule has 1 amide bonds. The van der Waals surface area contributed by atoms with Crippen molar-refractivity contribution in [1.29, 1.82) is 0 Å². The highest BCUT2D eigenvalue weighted by Gasteiger charge is 2.22. The van der Waals surface area contributed by atoms with Gasteiger partial charge in [0.05, 0.1) is 7.11 Å². The molecule has 0 aliphatic carbocycles. The van der Waals surface area contributed by atoms with Crippen LogP contribution in [0.5, 0.6) is 0 Å². The number of carbonyl (C=O) groups excluding carboxylic acids is 2. The van der Waals surface area contributed by atoms with E-state index >= 15 is 0 Å². The number of anilines is 1. The van der Waals surface area contributed by atoms with E-state index in [1.54, 1.807) is 18.2 Å². The molecule has 2 aromatic carbocycles. The summed E-state index contributed by atoms with van der Waals surface area (Å²) >= 11 is 5.33. The van der Waals surface area contributed by atoms with Crippen molar-refractivity contribution in [1.82, 2.24) is 4.98 Å². The number of benzene rings is 2. The monoisotopic (exact) mass is 530 g/mol. The van der Waals surface area contributed by atoms with Crippen LogP contribution in [-0.4, -0.2) is 33.9 Å². The molecule has 0 spiro atoms. The van der Waals surface area contributed by atoms with Gasteiger partial charge in [-0.15, -0.1) is 0 Å². The molecule has 0 bridgehead atoms. The van der Waals surface area contributed by atoms with Crippen molar-refractivity contribution in [3.05, 3.63) is 53.1 Å². The zero-order valence-corrected chi connectivity index (χ0v) is 23.1. The van der Waals surface area contributed by atoms with Gasteiger partial charge in [-0.25, -0.2) is 14.0 Å². The largest absolute Gasteiger partial charge is 0.465 e. The van der Waals surface area contributed by atoms with Crippen molar-refractivity contribution in [3.63, 3.8) is 0 Å². The molecule has 0 aliphatic heterocycles. The molecule has 36 heavy (non-hydrogen) atoms. The number of hydrogen-bond acceptors (Lipinski definition) is 7. The Morgan fingerprint density at radius 3 is 2.28 bits per heavy atom. The molecule has 0 radical (unpaired) electrons. The van der Waals surface area contributed by atoms with E-state index in [-0.39, 0.29) is 28.0 Å². The van der Waals surface area contributed by atoms with Crippen LogP contribution < -0.4 is 5.32 Å². The second-order valence-corrected chi connectivity index (χ2v) is 13.0. The van der Waals surface area contributed by atoms with Gasteiger partial charge in [0.15, 0.2) is 5.58 Å². The van der Waals surface area contributed by atoms with E-state index in [9.17, 15) is 13.8 Å². The summed E-state index contributed by atoms with van der Waals surface area (Å²) in [6.07, 6.45) is 2.28. The maximum atomic E-state index is 13.1. The Hall–Kier alpha value is -2.78. The molecule has 0 fully saturated rings. The molecule has 3 aromatic rings. The summed E-state index contributed by atoms with van der Waals surface area (Å²) in [5.41, 5.74) is 4.02. The summed E-state index contributed by atoms with van der Waals surface area (Å²) in [7, 11) is -1.67. The maximum Gasteiger partial charge on any atom is 0.341 e. The van der Waals surface area contributed by atoms with Crippen LogP contribution in [0, 0.1) is 0 Å². The summed E-state index contributed by atoms with van der Waals surface area (Å²) in [5.74, 6) is 0.217. The molecule has 1 aromatic heterocycles. The van der Waals surface area contributed by atoms with Crippen molar-refractivity contribution >= 4 is 48.3 Å². The van der Waals surface area contributed by atoms with E-state index in [0.29, 0.717) is 43.0 Å². The predicted octanol–water partition coefficient (Wildman–Crippen LogP) is 6.17. The number of unbranched alkanes of at least 4 members (excludes halogenated alkanes) is 2. The van der Waals surface area contributed by atoms with Gasteiger partial charge in [-0.3, -0.25) is 4.79 Å². The minimum absolute atomic E-state index is 0.0293. The first-order valence-corrected chi connectivity index (χ1v) is 14.8. The number of esters is 1. The Morgan fingerprint density at radius 2 is 1.67 bits per heavy atom. The van der Waals surface area contributed by atoms with Gasteiger partial charge in [0, 0.05) is 17.9 Å². The van der Waals surface area contributed by atoms with Gasteiger partial charge in [-0.1, -0.05) is 58.4 Å². The van der Waals surface area contributed by atoms with Crippen LogP contribution >= 0.6 is 0 Å². The summed E-state index contributed by atoms with van der Waals surface area (Å²) in [6, 6.07) is 11.0. The Kier molecular flexibility index (Phi) is 9.24. The first-order chi connectivity index (χ1) is 17.0. The quantitative estimate of drug-likeness (QED) is 0.234. The van der Waals surface area contributed by atoms with E-state index in [4.69, 9.17) is 20.3 Å². The van der Waals surface area contributed by atoms with Crippen LogP contribution in [0.25, 0.3) is 11.1 Å². The van der Waals surface area contributed by atoms with Crippen molar-refractivity contribution < 1.29 is 23.0 Å². The van der Waals surface area contributed by atoms with Crippen LogP contribution in [0.15, 0.2) is 46.0 Å². The van der Waals surface area contributed by atoms with Crippen LogP contribution in [0.1, 0.15) is 86.7 Å². The standard InChI is InChI=1S/C27H34N2O5S2/c1-17(2)19-11-9-12-20(18(3)4)24(19)29-23(30)15-7-6-8-16-36(32,35)27-28-22-14-10-13-21(25(22)34-27)26(31)33-5/h9-14,17-18H,6-8,15-16H2,1-5H3,(H,29,30). The minimum atomic E-state index is -2.95. The molecule has 0 saturated carbocycles. The highest BCUT2D eigenvalue weighted by molar-refractivity contribution is 8.32. The summed E-state index contributed by atoms with van der Waals surface area (Å²) in [6.45, 7) is 8.48.